The number of ether oxygens (including phenoxy) is 1. The fourth-order valence-electron chi connectivity index (χ4n) is 3.03. The van der Waals surface area contributed by atoms with Crippen molar-refractivity contribution in [2.75, 3.05) is 0 Å². The molecular formula is C15H24O2. The molecule has 0 aliphatic heterocycles. The first kappa shape index (κ1) is 12.7. The Kier molecular flexibility index (Phi) is 4.64. The van der Waals surface area contributed by atoms with Crippen molar-refractivity contribution in [3.05, 3.63) is 12.2 Å². The summed E-state index contributed by atoms with van der Waals surface area (Å²) in [5, 5.41) is 0. The van der Waals surface area contributed by atoms with E-state index in [0.717, 1.165) is 31.3 Å². The molecule has 2 fully saturated rings. The summed E-state index contributed by atoms with van der Waals surface area (Å²) < 4.78 is 5.57. The molecule has 0 unspecified atom stereocenters. The molecule has 2 aliphatic carbocycles. The molecule has 2 nitrogen and oxygen atoms in total. The summed E-state index contributed by atoms with van der Waals surface area (Å²) >= 11 is 0. The van der Waals surface area contributed by atoms with Gasteiger partial charge in [-0.2, -0.15) is 0 Å². The average Bonchev–Trinajstić information content (AvgIpc) is 2.40. The topological polar surface area (TPSA) is 26.3 Å². The summed E-state index contributed by atoms with van der Waals surface area (Å²) in [6.45, 7) is 3.97. The third-order valence-electron chi connectivity index (χ3n) is 4.19. The lowest BCUT2D eigenvalue weighted by Gasteiger charge is -2.26. The van der Waals surface area contributed by atoms with Crippen molar-refractivity contribution >= 4 is 5.97 Å². The molecule has 2 aliphatic rings. The van der Waals surface area contributed by atoms with Crippen molar-refractivity contribution in [1.29, 1.82) is 0 Å². The molecule has 0 amide bonds. The van der Waals surface area contributed by atoms with Crippen molar-refractivity contribution in [2.24, 2.45) is 5.92 Å². The van der Waals surface area contributed by atoms with Crippen LogP contribution in [0.4, 0.5) is 0 Å². The van der Waals surface area contributed by atoms with Crippen LogP contribution in [0, 0.1) is 5.92 Å². The fraction of sp³-hybridized carbons (Fsp3) is 0.800. The zero-order valence-corrected chi connectivity index (χ0v) is 10.7. The summed E-state index contributed by atoms with van der Waals surface area (Å²) in [6, 6.07) is 0. The maximum atomic E-state index is 12.0. The second-order valence-electron chi connectivity index (χ2n) is 5.53. The van der Waals surface area contributed by atoms with Crippen LogP contribution in [0.15, 0.2) is 12.2 Å². The smallest absolute Gasteiger partial charge is 0.333 e. The SMILES string of the molecule is C=C(C(=O)OC1CCCCC1)C1CCCCC1. The van der Waals surface area contributed by atoms with Crippen LogP contribution in [0.2, 0.25) is 0 Å². The molecular weight excluding hydrogens is 212 g/mol. The molecule has 0 spiro atoms. The summed E-state index contributed by atoms with van der Waals surface area (Å²) in [4.78, 5) is 12.0. The van der Waals surface area contributed by atoms with Gasteiger partial charge in [-0.25, -0.2) is 4.79 Å². The largest absolute Gasteiger partial charge is 0.459 e. The molecule has 0 aromatic carbocycles. The number of carbonyl (C=O) groups is 1. The average molecular weight is 236 g/mol. The highest BCUT2D eigenvalue weighted by Gasteiger charge is 2.25. The van der Waals surface area contributed by atoms with Gasteiger partial charge in [-0.15, -0.1) is 0 Å². The maximum absolute atomic E-state index is 12.0. The Morgan fingerprint density at radius 1 is 0.882 bits per heavy atom. The van der Waals surface area contributed by atoms with E-state index in [2.05, 4.69) is 6.58 Å². The quantitative estimate of drug-likeness (QED) is 0.547. The first-order chi connectivity index (χ1) is 8.27. The number of hydrogen-bond acceptors (Lipinski definition) is 2. The summed E-state index contributed by atoms with van der Waals surface area (Å²) in [5.41, 5.74) is 0.732. The van der Waals surface area contributed by atoms with Gasteiger partial charge in [0.1, 0.15) is 6.10 Å². The number of esters is 1. The predicted octanol–water partition coefficient (Wildman–Crippen LogP) is 4.00. The van der Waals surface area contributed by atoms with Gasteiger partial charge < -0.3 is 4.74 Å². The van der Waals surface area contributed by atoms with Crippen LogP contribution >= 0.6 is 0 Å². The number of hydrogen-bond donors (Lipinski definition) is 0. The van der Waals surface area contributed by atoms with Crippen molar-refractivity contribution < 1.29 is 9.53 Å². The normalized spacial score (nSPS) is 23.3. The predicted molar refractivity (Wildman–Crippen MR) is 68.7 cm³/mol. The molecule has 0 heterocycles. The van der Waals surface area contributed by atoms with Gasteiger partial charge in [0.2, 0.25) is 0 Å². The van der Waals surface area contributed by atoms with Crippen molar-refractivity contribution in [3.63, 3.8) is 0 Å². The number of rotatable bonds is 3. The Morgan fingerprint density at radius 2 is 1.41 bits per heavy atom. The van der Waals surface area contributed by atoms with Gasteiger partial charge in [-0.3, -0.25) is 0 Å². The minimum Gasteiger partial charge on any atom is -0.459 e. The Morgan fingerprint density at radius 3 is 2.00 bits per heavy atom. The van der Waals surface area contributed by atoms with Gasteiger partial charge in [0.05, 0.1) is 0 Å². The van der Waals surface area contributed by atoms with E-state index in [1.54, 1.807) is 0 Å². The molecule has 0 atom stereocenters. The summed E-state index contributed by atoms with van der Waals surface area (Å²) in [6.07, 6.45) is 12.0. The third kappa shape index (κ3) is 3.58. The molecule has 0 aromatic heterocycles. The van der Waals surface area contributed by atoms with Gasteiger partial charge in [-0.05, 0) is 44.4 Å². The second-order valence-corrected chi connectivity index (χ2v) is 5.53. The van der Waals surface area contributed by atoms with Crippen LogP contribution in [0.5, 0.6) is 0 Å². The Bertz CT molecular complexity index is 271. The zero-order valence-electron chi connectivity index (χ0n) is 10.7. The molecule has 96 valence electrons. The summed E-state index contributed by atoms with van der Waals surface area (Å²) in [5.74, 6) is 0.267. The zero-order chi connectivity index (χ0) is 12.1. The lowest BCUT2D eigenvalue weighted by Crippen LogP contribution is -2.24. The van der Waals surface area contributed by atoms with E-state index in [1.165, 1.54) is 38.5 Å². The highest BCUT2D eigenvalue weighted by Crippen LogP contribution is 2.30. The van der Waals surface area contributed by atoms with E-state index in [9.17, 15) is 4.79 Å². The van der Waals surface area contributed by atoms with E-state index in [4.69, 9.17) is 4.74 Å². The molecule has 0 aromatic rings. The van der Waals surface area contributed by atoms with Crippen LogP contribution in [-0.4, -0.2) is 12.1 Å². The van der Waals surface area contributed by atoms with Crippen molar-refractivity contribution in [2.45, 2.75) is 70.3 Å². The van der Waals surface area contributed by atoms with Crippen molar-refractivity contribution in [3.8, 4) is 0 Å². The molecule has 0 saturated heterocycles. The standard InChI is InChI=1S/C15H24O2/c1-12(13-8-4-2-5-9-13)15(16)17-14-10-6-3-7-11-14/h13-14H,1-11H2. The number of carbonyl (C=O) groups excluding carboxylic acids is 1. The molecule has 0 bridgehead atoms. The lowest BCUT2D eigenvalue weighted by molar-refractivity contribution is -0.146. The van der Waals surface area contributed by atoms with Gasteiger partial charge in [0.25, 0.3) is 0 Å². The minimum atomic E-state index is -0.121. The molecule has 2 rings (SSSR count). The van der Waals surface area contributed by atoms with Crippen LogP contribution in [0.25, 0.3) is 0 Å². The highest BCUT2D eigenvalue weighted by atomic mass is 16.5. The van der Waals surface area contributed by atoms with Crippen LogP contribution in [0.3, 0.4) is 0 Å². The molecule has 0 N–H and O–H groups in total. The van der Waals surface area contributed by atoms with Crippen LogP contribution in [0.1, 0.15) is 64.2 Å². The highest BCUT2D eigenvalue weighted by molar-refractivity contribution is 5.88. The van der Waals surface area contributed by atoms with Gasteiger partial charge in [-0.1, -0.05) is 32.3 Å². The first-order valence-corrected chi connectivity index (χ1v) is 7.17. The Hall–Kier alpha value is -0.790. The van der Waals surface area contributed by atoms with Gasteiger partial charge in [0.15, 0.2) is 0 Å². The lowest BCUT2D eigenvalue weighted by atomic mass is 9.84. The van der Waals surface area contributed by atoms with Crippen LogP contribution in [-0.2, 0) is 9.53 Å². The second kappa shape index (κ2) is 6.23. The monoisotopic (exact) mass is 236 g/mol. The van der Waals surface area contributed by atoms with Gasteiger partial charge in [0, 0.05) is 5.57 Å². The van der Waals surface area contributed by atoms with E-state index in [-0.39, 0.29) is 12.1 Å². The van der Waals surface area contributed by atoms with E-state index in [1.807, 2.05) is 0 Å². The van der Waals surface area contributed by atoms with Crippen LogP contribution < -0.4 is 0 Å². The Labute approximate surface area is 104 Å². The van der Waals surface area contributed by atoms with E-state index in [0.29, 0.717) is 5.92 Å². The maximum Gasteiger partial charge on any atom is 0.333 e. The summed E-state index contributed by atoms with van der Waals surface area (Å²) in [7, 11) is 0. The molecule has 2 heteroatoms. The van der Waals surface area contributed by atoms with E-state index < -0.39 is 0 Å². The molecule has 0 radical (unpaired) electrons. The third-order valence-corrected chi connectivity index (χ3v) is 4.19. The van der Waals surface area contributed by atoms with E-state index >= 15 is 0 Å². The van der Waals surface area contributed by atoms with Crippen molar-refractivity contribution in [1.82, 2.24) is 0 Å². The van der Waals surface area contributed by atoms with Gasteiger partial charge >= 0.3 is 5.97 Å². The fourth-order valence-corrected chi connectivity index (χ4v) is 3.03. The Balaban J connectivity index is 1.79. The first-order valence-electron chi connectivity index (χ1n) is 7.17. The minimum absolute atomic E-state index is 0.121. The molecule has 17 heavy (non-hydrogen) atoms. The molecule has 2 saturated carbocycles.